The van der Waals surface area contributed by atoms with Gasteiger partial charge in [-0.25, -0.2) is 5.06 Å². The van der Waals surface area contributed by atoms with Gasteiger partial charge in [0.15, 0.2) is 0 Å². The van der Waals surface area contributed by atoms with E-state index in [1.54, 1.807) is 18.2 Å². The maximum absolute atomic E-state index is 12.9. The normalized spacial score (nSPS) is 22.6. The van der Waals surface area contributed by atoms with Gasteiger partial charge in [-0.15, -0.1) is 23.2 Å². The number of carbonyl (C=O) groups excluding carboxylic acids is 3. The number of nitrogens with one attached hydrogen (secondary N) is 2. The fourth-order valence-corrected chi connectivity index (χ4v) is 5.21. The highest BCUT2D eigenvalue weighted by atomic mass is 35.5. The highest BCUT2D eigenvalue weighted by Crippen LogP contribution is 2.65. The summed E-state index contributed by atoms with van der Waals surface area (Å²) in [6.07, 6.45) is -4.67. The van der Waals surface area contributed by atoms with E-state index in [2.05, 4.69) is 10.6 Å². The van der Waals surface area contributed by atoms with Gasteiger partial charge in [0, 0.05) is 11.6 Å². The Labute approximate surface area is 233 Å². The van der Waals surface area contributed by atoms with Gasteiger partial charge in [0.05, 0.1) is 26.5 Å². The molecule has 198 valence electrons. The van der Waals surface area contributed by atoms with Crippen LogP contribution in [0.2, 0.25) is 15.1 Å². The van der Waals surface area contributed by atoms with Crippen LogP contribution in [0.4, 0.5) is 18.9 Å². The molecule has 7 nitrogen and oxygen atoms in total. The molecule has 2 aromatic carbocycles. The van der Waals surface area contributed by atoms with Crippen LogP contribution in [0.3, 0.4) is 0 Å². The third kappa shape index (κ3) is 6.05. The van der Waals surface area contributed by atoms with Crippen LogP contribution in [0.25, 0.3) is 0 Å². The summed E-state index contributed by atoms with van der Waals surface area (Å²) in [5.41, 5.74) is 0.635. The number of nitrogens with zero attached hydrogens (tertiary/aromatic N) is 1. The number of rotatable bonds is 6. The van der Waals surface area contributed by atoms with Crippen LogP contribution >= 0.6 is 58.0 Å². The van der Waals surface area contributed by atoms with Gasteiger partial charge in [-0.3, -0.25) is 19.2 Å². The van der Waals surface area contributed by atoms with Crippen molar-refractivity contribution in [3.8, 4) is 0 Å². The average Bonchev–Trinajstić information content (AvgIpc) is 3.24. The summed E-state index contributed by atoms with van der Waals surface area (Å²) in [5.74, 6) is -3.89. The van der Waals surface area contributed by atoms with Gasteiger partial charge in [-0.05, 0) is 35.9 Å². The van der Waals surface area contributed by atoms with Crippen molar-refractivity contribution in [2.45, 2.75) is 22.5 Å². The molecule has 2 aliphatic rings. The Hall–Kier alpha value is -1.95. The van der Waals surface area contributed by atoms with E-state index in [0.717, 1.165) is 0 Å². The molecule has 2 aromatic rings. The molecule has 15 heteroatoms. The fourth-order valence-electron chi connectivity index (χ4n) is 3.87. The highest BCUT2D eigenvalue weighted by Gasteiger charge is 2.67. The van der Waals surface area contributed by atoms with Crippen LogP contribution in [0.1, 0.15) is 21.8 Å². The summed E-state index contributed by atoms with van der Waals surface area (Å²) >= 11 is 30.8. The molecule has 3 amide bonds. The van der Waals surface area contributed by atoms with Gasteiger partial charge < -0.3 is 10.6 Å². The molecule has 1 aliphatic carbocycles. The number of alkyl halides is 5. The van der Waals surface area contributed by atoms with E-state index in [0.29, 0.717) is 10.6 Å². The first kappa shape index (κ1) is 28.1. The van der Waals surface area contributed by atoms with Crippen LogP contribution in [-0.4, -0.2) is 52.5 Å². The zero-order valence-electron chi connectivity index (χ0n) is 18.2. The van der Waals surface area contributed by atoms with Crippen molar-refractivity contribution in [2.75, 3.05) is 18.5 Å². The lowest BCUT2D eigenvalue weighted by Crippen LogP contribution is -2.44. The van der Waals surface area contributed by atoms with Gasteiger partial charge in [-0.2, -0.15) is 13.2 Å². The first-order chi connectivity index (χ1) is 17.2. The zero-order valence-corrected chi connectivity index (χ0v) is 22.0. The second-order valence-corrected chi connectivity index (χ2v) is 11.0. The number of hydroxylamine groups is 2. The fraction of sp³-hybridized carbons (Fsp3) is 0.318. The molecule has 1 saturated carbocycles. The molecule has 3 atom stereocenters. The predicted octanol–water partition coefficient (Wildman–Crippen LogP) is 5.61. The van der Waals surface area contributed by atoms with Gasteiger partial charge in [0.2, 0.25) is 5.91 Å². The Balaban J connectivity index is 1.44. The molecule has 0 radical (unpaired) electrons. The van der Waals surface area contributed by atoms with Crippen LogP contribution in [0.15, 0.2) is 36.4 Å². The zero-order chi connectivity index (χ0) is 27.3. The Morgan fingerprint density at radius 3 is 2.38 bits per heavy atom. The number of carbonyl (C=O) groups is 3. The first-order valence-corrected chi connectivity index (χ1v) is 12.3. The molecule has 0 spiro atoms. The Morgan fingerprint density at radius 2 is 1.73 bits per heavy atom. The van der Waals surface area contributed by atoms with E-state index in [1.807, 2.05) is 0 Å². The number of halogens is 8. The number of hydrogen-bond acceptors (Lipinski definition) is 4. The minimum Gasteiger partial charge on any atom is -0.338 e. The lowest BCUT2D eigenvalue weighted by atomic mass is 10.1. The summed E-state index contributed by atoms with van der Waals surface area (Å²) in [7, 11) is 0. The molecule has 2 N–H and O–H groups in total. The smallest absolute Gasteiger partial charge is 0.338 e. The molecular weight excluding hydrogens is 605 g/mol. The lowest BCUT2D eigenvalue weighted by molar-refractivity contribution is -0.214. The molecule has 0 bridgehead atoms. The van der Waals surface area contributed by atoms with Gasteiger partial charge in [0.1, 0.15) is 23.5 Å². The number of amides is 3. The van der Waals surface area contributed by atoms with Gasteiger partial charge in [-0.1, -0.05) is 40.9 Å². The van der Waals surface area contributed by atoms with Crippen LogP contribution in [0.5, 0.6) is 0 Å². The molecule has 3 unspecified atom stereocenters. The van der Waals surface area contributed by atoms with Crippen molar-refractivity contribution in [1.29, 1.82) is 0 Å². The standard InChI is InChI=1S/C22H15Cl5F3N3O4/c23-12-4-2-10(6-11(12)18(34)32-15-7-37-33(20(15)36)8-21(28,29)30)31-19(35)17-16(22(17,26)27)9-1-3-13(24)14(25)5-9/h1-6,15-17H,7-8H2,(H,31,35)(H,32,34). The van der Waals surface area contributed by atoms with Crippen molar-refractivity contribution in [3.05, 3.63) is 62.6 Å². The summed E-state index contributed by atoms with van der Waals surface area (Å²) in [6.45, 7) is -2.10. The predicted molar refractivity (Wildman–Crippen MR) is 132 cm³/mol. The SMILES string of the molecule is O=C(NC1CON(CC(F)(F)F)C1=O)c1cc(NC(=O)C2C(c3ccc(Cl)c(Cl)c3)C2(Cl)Cl)ccc1Cl. The largest absolute Gasteiger partial charge is 0.408 e. The van der Waals surface area contributed by atoms with E-state index in [1.165, 1.54) is 18.2 Å². The number of hydrogen-bond donors (Lipinski definition) is 2. The second-order valence-electron chi connectivity index (χ2n) is 8.30. The van der Waals surface area contributed by atoms with E-state index in [-0.39, 0.29) is 26.4 Å². The highest BCUT2D eigenvalue weighted by molar-refractivity contribution is 6.53. The summed E-state index contributed by atoms with van der Waals surface area (Å²) < 4.78 is 36.3. The number of benzene rings is 2. The topological polar surface area (TPSA) is 87.7 Å². The molecule has 2 fully saturated rings. The van der Waals surface area contributed by atoms with E-state index >= 15 is 0 Å². The van der Waals surface area contributed by atoms with Gasteiger partial charge >= 0.3 is 6.18 Å². The number of anilines is 1. The van der Waals surface area contributed by atoms with Crippen LogP contribution < -0.4 is 10.6 Å². The Kier molecular flexibility index (Phi) is 7.82. The van der Waals surface area contributed by atoms with Crippen molar-refractivity contribution in [1.82, 2.24) is 10.4 Å². The summed E-state index contributed by atoms with van der Waals surface area (Å²) in [5, 5.41) is 5.60. The average molecular weight is 620 g/mol. The van der Waals surface area contributed by atoms with E-state index in [9.17, 15) is 27.6 Å². The molecule has 0 aromatic heterocycles. The molecule has 1 aliphatic heterocycles. The molecule has 1 saturated heterocycles. The Morgan fingerprint density at radius 1 is 1.05 bits per heavy atom. The molecule has 37 heavy (non-hydrogen) atoms. The van der Waals surface area contributed by atoms with Crippen molar-refractivity contribution < 1.29 is 32.4 Å². The quantitative estimate of drug-likeness (QED) is 0.412. The van der Waals surface area contributed by atoms with Crippen molar-refractivity contribution in [3.63, 3.8) is 0 Å². The molecule has 1 heterocycles. The first-order valence-electron chi connectivity index (χ1n) is 10.4. The Bertz CT molecular complexity index is 1280. The van der Waals surface area contributed by atoms with Crippen molar-refractivity contribution in [2.24, 2.45) is 5.92 Å². The van der Waals surface area contributed by atoms with E-state index < -0.39 is 59.3 Å². The minimum absolute atomic E-state index is 0.0295. The minimum atomic E-state index is -4.67. The van der Waals surface area contributed by atoms with E-state index in [4.69, 9.17) is 62.8 Å². The van der Waals surface area contributed by atoms with Crippen molar-refractivity contribution >= 4 is 81.4 Å². The maximum Gasteiger partial charge on any atom is 0.408 e. The maximum atomic E-state index is 12.9. The lowest BCUT2D eigenvalue weighted by Gasteiger charge is -2.16. The summed E-state index contributed by atoms with van der Waals surface area (Å²) in [4.78, 5) is 42.5. The van der Waals surface area contributed by atoms with Crippen LogP contribution in [0, 0.1) is 5.92 Å². The molecular formula is C22H15Cl5F3N3O4. The monoisotopic (exact) mass is 617 g/mol. The molecule has 4 rings (SSSR count). The second kappa shape index (κ2) is 10.3. The van der Waals surface area contributed by atoms with Gasteiger partial charge in [0.25, 0.3) is 11.8 Å². The summed E-state index contributed by atoms with van der Waals surface area (Å²) in [6, 6.07) is 7.42. The third-order valence-electron chi connectivity index (χ3n) is 5.69. The third-order valence-corrected chi connectivity index (χ3v) is 7.70. The van der Waals surface area contributed by atoms with Crippen LogP contribution in [-0.2, 0) is 14.4 Å².